The van der Waals surface area contributed by atoms with Crippen LogP contribution in [-0.4, -0.2) is 4.75 Å². The molecule has 1 saturated heterocycles. The molecule has 3 heteroatoms. The van der Waals surface area contributed by atoms with E-state index in [1.165, 1.54) is 0 Å². The van der Waals surface area contributed by atoms with Crippen molar-refractivity contribution in [3.05, 3.63) is 0 Å². The van der Waals surface area contributed by atoms with E-state index in [9.17, 15) is 0 Å². The Hall–Kier alpha value is 0.270. The molecule has 0 aromatic carbocycles. The lowest BCUT2D eigenvalue weighted by Crippen LogP contribution is -2.07. The van der Waals surface area contributed by atoms with E-state index in [4.69, 9.17) is 4.28 Å². The van der Waals surface area contributed by atoms with Crippen LogP contribution >= 0.6 is 11.4 Å². The van der Waals surface area contributed by atoms with Gasteiger partial charge in [0.1, 0.15) is 0 Å². The predicted octanol–water partition coefficient (Wildman–Crippen LogP) is 1.15. The molecular weight excluding hydrogens is 110 g/mol. The number of rotatable bonds is 0. The van der Waals surface area contributed by atoms with E-state index in [-0.39, 0.29) is 11.4 Å². The van der Waals surface area contributed by atoms with Crippen molar-refractivity contribution >= 4 is 11.4 Å². The summed E-state index contributed by atoms with van der Waals surface area (Å²) in [6, 6.07) is 0. The maximum Gasteiger partial charge on any atom is 0.0268 e. The molecule has 1 fully saturated rings. The fourth-order valence-electron chi connectivity index (χ4n) is 0.294. The van der Waals surface area contributed by atoms with Crippen molar-refractivity contribution in [2.24, 2.45) is 0 Å². The summed E-state index contributed by atoms with van der Waals surface area (Å²) in [7, 11) is 0. The molecule has 0 bridgehead atoms. The highest BCUT2D eigenvalue weighted by Gasteiger charge is 2.31. The quantitative estimate of drug-likeness (QED) is 0.372. The Labute approximate surface area is 46.9 Å². The summed E-state index contributed by atoms with van der Waals surface area (Å²) in [4.78, 5) is 2.84. The highest BCUT2D eigenvalue weighted by molar-refractivity contribution is 8.16. The van der Waals surface area contributed by atoms with Gasteiger partial charge in [-0.05, 0) is 32.1 Å². The SMILES string of the molecule is CC(C)(C)[SH]1NO1. The summed E-state index contributed by atoms with van der Waals surface area (Å²) in [5, 5.41) is 0. The molecule has 0 spiro atoms. The minimum absolute atomic E-state index is 0.242. The normalized spacial score (nSPS) is 35.6. The first-order valence-electron chi connectivity index (χ1n) is 2.33. The van der Waals surface area contributed by atoms with Gasteiger partial charge in [-0.15, -0.1) is 4.89 Å². The van der Waals surface area contributed by atoms with Gasteiger partial charge < -0.3 is 0 Å². The molecule has 1 aliphatic rings. The summed E-state index contributed by atoms with van der Waals surface area (Å²) in [5.74, 6) is 0. The maximum atomic E-state index is 4.89. The van der Waals surface area contributed by atoms with Crippen LogP contribution in [0.5, 0.6) is 0 Å². The summed E-state index contributed by atoms with van der Waals surface area (Å²) in [6.07, 6.45) is 0. The van der Waals surface area contributed by atoms with Crippen molar-refractivity contribution in [3.63, 3.8) is 0 Å². The summed E-state index contributed by atoms with van der Waals surface area (Å²) < 4.78 is 5.23. The zero-order valence-corrected chi connectivity index (χ0v) is 5.75. The van der Waals surface area contributed by atoms with E-state index in [2.05, 4.69) is 25.7 Å². The van der Waals surface area contributed by atoms with Gasteiger partial charge >= 0.3 is 0 Å². The minimum Gasteiger partial charge on any atom is -0.229 e. The first-order chi connectivity index (χ1) is 3.11. The molecule has 1 unspecified atom stereocenters. The number of hydrogen-bond acceptors (Lipinski definition) is 2. The molecular formula is C4H11NOS. The Kier molecular flexibility index (Phi) is 1.06. The van der Waals surface area contributed by atoms with Crippen LogP contribution in [0.15, 0.2) is 0 Å². The van der Waals surface area contributed by atoms with Crippen LogP contribution in [-0.2, 0) is 4.28 Å². The molecule has 1 N–H and O–H groups in total. The highest BCUT2D eigenvalue weighted by Crippen LogP contribution is 2.47. The van der Waals surface area contributed by atoms with Crippen molar-refractivity contribution in [2.75, 3.05) is 0 Å². The van der Waals surface area contributed by atoms with E-state index in [0.717, 1.165) is 0 Å². The molecule has 1 atom stereocenters. The minimum atomic E-state index is -0.242. The van der Waals surface area contributed by atoms with Crippen LogP contribution in [0, 0.1) is 0 Å². The Bertz CT molecular complexity index is 74.2. The van der Waals surface area contributed by atoms with Crippen molar-refractivity contribution in [1.29, 1.82) is 0 Å². The van der Waals surface area contributed by atoms with Gasteiger partial charge in [-0.25, -0.2) is 4.28 Å². The fourth-order valence-corrected chi connectivity index (χ4v) is 1.01. The molecule has 0 aliphatic carbocycles. The zero-order chi connectivity index (χ0) is 5.49. The molecule has 0 amide bonds. The van der Waals surface area contributed by atoms with Gasteiger partial charge in [0, 0.05) is 4.75 Å². The van der Waals surface area contributed by atoms with Crippen LogP contribution in [0.4, 0.5) is 0 Å². The van der Waals surface area contributed by atoms with E-state index in [1.807, 2.05) is 0 Å². The summed E-state index contributed by atoms with van der Waals surface area (Å²) in [6.45, 7) is 6.50. The van der Waals surface area contributed by atoms with Crippen LogP contribution < -0.4 is 4.89 Å². The molecule has 1 heterocycles. The number of thiol groups is 1. The Morgan fingerprint density at radius 1 is 1.43 bits per heavy atom. The molecule has 0 saturated carbocycles. The molecule has 1 aliphatic heterocycles. The standard InChI is InChI=1S/C4H11NOS/c1-4(2,3)7-5-6-7/h5,7H,1-3H3. The topological polar surface area (TPSA) is 34.5 Å². The summed E-state index contributed by atoms with van der Waals surface area (Å²) in [5.41, 5.74) is 0. The smallest absolute Gasteiger partial charge is 0.0268 e. The Morgan fingerprint density at radius 2 is 1.86 bits per heavy atom. The number of nitrogens with one attached hydrogen (secondary N) is 1. The Balaban J connectivity index is 2.36. The molecule has 0 aromatic rings. The van der Waals surface area contributed by atoms with Gasteiger partial charge in [-0.1, -0.05) is 0 Å². The largest absolute Gasteiger partial charge is 0.229 e. The second-order valence-corrected chi connectivity index (χ2v) is 4.94. The first-order valence-corrected chi connectivity index (χ1v) is 3.59. The zero-order valence-electron chi connectivity index (χ0n) is 4.86. The van der Waals surface area contributed by atoms with Gasteiger partial charge in [0.15, 0.2) is 0 Å². The lowest BCUT2D eigenvalue weighted by atomic mass is 10.3. The van der Waals surface area contributed by atoms with Crippen LogP contribution in [0.3, 0.4) is 0 Å². The van der Waals surface area contributed by atoms with E-state index >= 15 is 0 Å². The van der Waals surface area contributed by atoms with Gasteiger partial charge in [0.2, 0.25) is 0 Å². The average molecular weight is 121 g/mol. The third kappa shape index (κ3) is 1.33. The Morgan fingerprint density at radius 3 is 1.86 bits per heavy atom. The monoisotopic (exact) mass is 121 g/mol. The number of hydrogen-bond donors (Lipinski definition) is 2. The summed E-state index contributed by atoms with van der Waals surface area (Å²) >= 11 is -0.242. The van der Waals surface area contributed by atoms with Crippen LogP contribution in [0.25, 0.3) is 0 Å². The lowest BCUT2D eigenvalue weighted by molar-refractivity contribution is 0.467. The molecule has 7 heavy (non-hydrogen) atoms. The molecule has 0 radical (unpaired) electrons. The third-order valence-electron chi connectivity index (χ3n) is 0.792. The lowest BCUT2D eigenvalue weighted by Gasteiger charge is -2.13. The van der Waals surface area contributed by atoms with Crippen LogP contribution in [0.1, 0.15) is 20.8 Å². The third-order valence-corrected chi connectivity index (χ3v) is 2.38. The van der Waals surface area contributed by atoms with E-state index in [0.29, 0.717) is 4.75 Å². The second kappa shape index (κ2) is 1.37. The predicted molar refractivity (Wildman–Crippen MR) is 33.0 cm³/mol. The van der Waals surface area contributed by atoms with Gasteiger partial charge in [-0.3, -0.25) is 0 Å². The fraction of sp³-hybridized carbons (Fsp3) is 1.00. The van der Waals surface area contributed by atoms with Crippen molar-refractivity contribution in [3.8, 4) is 0 Å². The molecule has 1 rings (SSSR count). The molecule has 2 nitrogen and oxygen atoms in total. The van der Waals surface area contributed by atoms with E-state index < -0.39 is 0 Å². The van der Waals surface area contributed by atoms with Crippen LogP contribution in [0.2, 0.25) is 0 Å². The van der Waals surface area contributed by atoms with Crippen molar-refractivity contribution < 1.29 is 4.28 Å². The average Bonchev–Trinajstić information content (AvgIpc) is 1.99. The van der Waals surface area contributed by atoms with Crippen molar-refractivity contribution in [2.45, 2.75) is 25.5 Å². The highest BCUT2D eigenvalue weighted by atomic mass is 32.2. The maximum absolute atomic E-state index is 4.89. The van der Waals surface area contributed by atoms with E-state index in [1.54, 1.807) is 0 Å². The first kappa shape index (κ1) is 5.41. The van der Waals surface area contributed by atoms with Gasteiger partial charge in [-0.2, -0.15) is 0 Å². The second-order valence-electron chi connectivity index (χ2n) is 2.65. The molecule has 44 valence electrons. The molecule has 0 aromatic heterocycles. The van der Waals surface area contributed by atoms with Gasteiger partial charge in [0.25, 0.3) is 0 Å². The van der Waals surface area contributed by atoms with Gasteiger partial charge in [0.05, 0.1) is 0 Å². The van der Waals surface area contributed by atoms with Crippen molar-refractivity contribution in [1.82, 2.24) is 4.89 Å².